The first-order valence-corrected chi connectivity index (χ1v) is 5.47. The zero-order valence-corrected chi connectivity index (χ0v) is 8.20. The van der Waals surface area contributed by atoms with Crippen LogP contribution in [0.5, 0.6) is 0 Å². The second kappa shape index (κ2) is 2.94. The first-order chi connectivity index (χ1) is 6.86. The van der Waals surface area contributed by atoms with Crippen LogP contribution >= 0.6 is 0 Å². The van der Waals surface area contributed by atoms with Gasteiger partial charge in [-0.1, -0.05) is 24.3 Å². The number of rotatable bonds is 0. The molecule has 1 heteroatoms. The number of hydrogen-bond donors (Lipinski definition) is 0. The molecule has 1 aromatic rings. The Kier molecular flexibility index (Phi) is 1.73. The molecular weight excluding hydrogens is 172 g/mol. The maximum absolute atomic E-state index is 11.8. The number of fused-ring (bicyclic) bond motifs is 3. The highest BCUT2D eigenvalue weighted by Gasteiger charge is 2.38. The molecular formula is C13H14O. The van der Waals surface area contributed by atoms with Crippen molar-refractivity contribution in [3.8, 4) is 0 Å². The Hall–Kier alpha value is -1.11. The molecule has 2 unspecified atom stereocenters. The number of benzene rings is 1. The molecule has 1 aromatic carbocycles. The van der Waals surface area contributed by atoms with Gasteiger partial charge in [-0.3, -0.25) is 4.79 Å². The largest absolute Gasteiger partial charge is 0.299 e. The second-order valence-electron chi connectivity index (χ2n) is 4.50. The number of hydrogen-bond acceptors (Lipinski definition) is 1. The van der Waals surface area contributed by atoms with Crippen LogP contribution in [0.3, 0.4) is 0 Å². The summed E-state index contributed by atoms with van der Waals surface area (Å²) in [5.74, 6) is 1.35. The lowest BCUT2D eigenvalue weighted by Gasteiger charge is -2.24. The van der Waals surface area contributed by atoms with E-state index in [1.165, 1.54) is 17.5 Å². The van der Waals surface area contributed by atoms with Crippen molar-refractivity contribution in [1.82, 2.24) is 0 Å². The van der Waals surface area contributed by atoms with E-state index in [0.717, 1.165) is 19.3 Å². The third kappa shape index (κ3) is 1.05. The quantitative estimate of drug-likeness (QED) is 0.609. The van der Waals surface area contributed by atoms with Gasteiger partial charge in [-0.25, -0.2) is 0 Å². The van der Waals surface area contributed by atoms with Crippen LogP contribution in [0.4, 0.5) is 0 Å². The molecule has 2 aliphatic carbocycles. The van der Waals surface area contributed by atoms with E-state index in [0.29, 0.717) is 11.7 Å². The maximum atomic E-state index is 11.8. The van der Waals surface area contributed by atoms with E-state index >= 15 is 0 Å². The SMILES string of the molecule is O=C1CCCC2Cc3ccccc3C12. The molecule has 14 heavy (non-hydrogen) atoms. The van der Waals surface area contributed by atoms with Crippen molar-refractivity contribution in [3.05, 3.63) is 35.4 Å². The summed E-state index contributed by atoms with van der Waals surface area (Å²) in [4.78, 5) is 11.8. The van der Waals surface area contributed by atoms with Crippen LogP contribution < -0.4 is 0 Å². The normalized spacial score (nSPS) is 29.9. The summed E-state index contributed by atoms with van der Waals surface area (Å²) in [6.07, 6.45) is 4.28. The van der Waals surface area contributed by atoms with Gasteiger partial charge >= 0.3 is 0 Å². The van der Waals surface area contributed by atoms with Crippen LogP contribution in [0, 0.1) is 5.92 Å². The zero-order valence-electron chi connectivity index (χ0n) is 8.20. The highest BCUT2D eigenvalue weighted by Crippen LogP contribution is 2.44. The molecule has 0 spiro atoms. The Morgan fingerprint density at radius 2 is 2.07 bits per heavy atom. The summed E-state index contributed by atoms with van der Waals surface area (Å²) < 4.78 is 0. The number of carbonyl (C=O) groups excluding carboxylic acids is 1. The number of ketones is 1. The summed E-state index contributed by atoms with van der Waals surface area (Å²) in [5, 5.41) is 0. The van der Waals surface area contributed by atoms with Gasteiger partial charge in [0.25, 0.3) is 0 Å². The predicted molar refractivity (Wildman–Crippen MR) is 55.2 cm³/mol. The van der Waals surface area contributed by atoms with Gasteiger partial charge in [-0.2, -0.15) is 0 Å². The molecule has 3 rings (SSSR count). The minimum Gasteiger partial charge on any atom is -0.299 e. The smallest absolute Gasteiger partial charge is 0.140 e. The molecule has 72 valence electrons. The fourth-order valence-electron chi connectivity index (χ4n) is 3.08. The molecule has 0 aromatic heterocycles. The van der Waals surface area contributed by atoms with Crippen LogP contribution in [0.2, 0.25) is 0 Å². The highest BCUT2D eigenvalue weighted by atomic mass is 16.1. The van der Waals surface area contributed by atoms with Crippen LogP contribution in [0.15, 0.2) is 24.3 Å². The fourth-order valence-corrected chi connectivity index (χ4v) is 3.08. The van der Waals surface area contributed by atoms with E-state index in [4.69, 9.17) is 0 Å². The van der Waals surface area contributed by atoms with Gasteiger partial charge in [0.1, 0.15) is 5.78 Å². The lowest BCUT2D eigenvalue weighted by molar-refractivity contribution is -0.123. The van der Waals surface area contributed by atoms with Crippen molar-refractivity contribution in [2.75, 3.05) is 0 Å². The minimum absolute atomic E-state index is 0.250. The van der Waals surface area contributed by atoms with Gasteiger partial charge in [0.05, 0.1) is 0 Å². The summed E-state index contributed by atoms with van der Waals surface area (Å²) in [6, 6.07) is 8.47. The van der Waals surface area contributed by atoms with Gasteiger partial charge in [0.15, 0.2) is 0 Å². The van der Waals surface area contributed by atoms with E-state index < -0.39 is 0 Å². The molecule has 0 radical (unpaired) electrons. The van der Waals surface area contributed by atoms with Crippen molar-refractivity contribution in [2.45, 2.75) is 31.6 Å². The van der Waals surface area contributed by atoms with Crippen molar-refractivity contribution in [1.29, 1.82) is 0 Å². The van der Waals surface area contributed by atoms with Crippen LogP contribution in [0.25, 0.3) is 0 Å². The van der Waals surface area contributed by atoms with E-state index in [1.54, 1.807) is 0 Å². The van der Waals surface area contributed by atoms with Crippen molar-refractivity contribution in [3.63, 3.8) is 0 Å². The maximum Gasteiger partial charge on any atom is 0.140 e. The van der Waals surface area contributed by atoms with Crippen LogP contribution in [-0.2, 0) is 11.2 Å². The lowest BCUT2D eigenvalue weighted by atomic mass is 9.79. The van der Waals surface area contributed by atoms with Crippen molar-refractivity contribution < 1.29 is 4.79 Å². The Morgan fingerprint density at radius 1 is 1.21 bits per heavy atom. The Labute approximate surface area is 84.1 Å². The molecule has 0 N–H and O–H groups in total. The second-order valence-corrected chi connectivity index (χ2v) is 4.50. The highest BCUT2D eigenvalue weighted by molar-refractivity contribution is 5.88. The van der Waals surface area contributed by atoms with E-state index in [-0.39, 0.29) is 5.92 Å². The third-order valence-electron chi connectivity index (χ3n) is 3.69. The number of carbonyl (C=O) groups is 1. The monoisotopic (exact) mass is 186 g/mol. The average Bonchev–Trinajstić information content (AvgIpc) is 2.57. The first-order valence-electron chi connectivity index (χ1n) is 5.47. The molecule has 1 nitrogen and oxygen atoms in total. The molecule has 0 amide bonds. The topological polar surface area (TPSA) is 17.1 Å². The van der Waals surface area contributed by atoms with Gasteiger partial charge in [-0.15, -0.1) is 0 Å². The standard InChI is InChI=1S/C13H14O/c14-12-7-3-5-10-8-9-4-1-2-6-11(9)13(10)12/h1-2,4,6,10,13H,3,5,7-8H2. The molecule has 0 saturated heterocycles. The average molecular weight is 186 g/mol. The van der Waals surface area contributed by atoms with Crippen LogP contribution in [-0.4, -0.2) is 5.78 Å². The van der Waals surface area contributed by atoms with Crippen molar-refractivity contribution >= 4 is 5.78 Å². The van der Waals surface area contributed by atoms with E-state index in [1.807, 2.05) is 0 Å². The zero-order chi connectivity index (χ0) is 9.54. The molecule has 0 bridgehead atoms. The Bertz CT molecular complexity index is 381. The van der Waals surface area contributed by atoms with Gasteiger partial charge in [0.2, 0.25) is 0 Å². The lowest BCUT2D eigenvalue weighted by Crippen LogP contribution is -2.22. The Morgan fingerprint density at radius 3 is 3.00 bits per heavy atom. The van der Waals surface area contributed by atoms with Gasteiger partial charge in [-0.05, 0) is 36.3 Å². The molecule has 2 atom stereocenters. The van der Waals surface area contributed by atoms with Crippen LogP contribution in [0.1, 0.15) is 36.3 Å². The molecule has 1 saturated carbocycles. The molecule has 0 aliphatic heterocycles. The fraction of sp³-hybridized carbons (Fsp3) is 0.462. The molecule has 0 heterocycles. The summed E-state index contributed by atoms with van der Waals surface area (Å²) in [5.41, 5.74) is 2.74. The first kappa shape index (κ1) is 8.22. The summed E-state index contributed by atoms with van der Waals surface area (Å²) in [7, 11) is 0. The van der Waals surface area contributed by atoms with E-state index in [9.17, 15) is 4.79 Å². The molecule has 2 aliphatic rings. The summed E-state index contributed by atoms with van der Waals surface area (Å²) in [6.45, 7) is 0. The number of Topliss-reactive ketones (excluding diaryl/α,β-unsaturated/α-hetero) is 1. The predicted octanol–water partition coefficient (Wildman–Crippen LogP) is 2.70. The molecule has 1 fully saturated rings. The third-order valence-corrected chi connectivity index (χ3v) is 3.69. The van der Waals surface area contributed by atoms with Gasteiger partial charge in [0, 0.05) is 12.3 Å². The Balaban J connectivity index is 2.07. The van der Waals surface area contributed by atoms with Crippen molar-refractivity contribution in [2.24, 2.45) is 5.92 Å². The van der Waals surface area contributed by atoms with Gasteiger partial charge < -0.3 is 0 Å². The van der Waals surface area contributed by atoms with E-state index in [2.05, 4.69) is 24.3 Å². The minimum atomic E-state index is 0.250. The summed E-state index contributed by atoms with van der Waals surface area (Å²) >= 11 is 0.